The van der Waals surface area contributed by atoms with Crippen LogP contribution in [0, 0.1) is 12.7 Å². The van der Waals surface area contributed by atoms with Crippen LogP contribution in [0.4, 0.5) is 4.39 Å². The van der Waals surface area contributed by atoms with Crippen LogP contribution in [0.25, 0.3) is 0 Å². The lowest BCUT2D eigenvalue weighted by Gasteiger charge is -2.32. The van der Waals surface area contributed by atoms with Crippen LogP contribution in [0.5, 0.6) is 5.75 Å². The van der Waals surface area contributed by atoms with Gasteiger partial charge in [0.2, 0.25) is 5.91 Å². The predicted octanol–water partition coefficient (Wildman–Crippen LogP) is 4.68. The monoisotopic (exact) mass is 462 g/mol. The van der Waals surface area contributed by atoms with E-state index in [1.807, 2.05) is 69.3 Å². The minimum Gasteiger partial charge on any atom is -0.484 e. The van der Waals surface area contributed by atoms with Gasteiger partial charge in [-0.05, 0) is 44.0 Å². The quantitative estimate of drug-likeness (QED) is 0.476. The van der Waals surface area contributed by atoms with Crippen molar-refractivity contribution >= 4 is 11.8 Å². The van der Waals surface area contributed by atoms with Crippen LogP contribution in [0.1, 0.15) is 30.5 Å². The van der Waals surface area contributed by atoms with Gasteiger partial charge in [-0.3, -0.25) is 9.59 Å². The molecular formula is C28H31FN2O3. The lowest BCUT2D eigenvalue weighted by molar-refractivity contribution is -0.143. The Labute approximate surface area is 200 Å². The molecule has 0 unspecified atom stereocenters. The summed E-state index contributed by atoms with van der Waals surface area (Å²) in [5.74, 6) is -0.526. The molecule has 1 N–H and O–H groups in total. The van der Waals surface area contributed by atoms with Gasteiger partial charge in [0.05, 0.1) is 0 Å². The minimum atomic E-state index is -0.836. The Balaban J connectivity index is 1.93. The van der Waals surface area contributed by atoms with Crippen LogP contribution in [0.2, 0.25) is 0 Å². The van der Waals surface area contributed by atoms with E-state index in [0.717, 1.165) is 11.1 Å². The van der Waals surface area contributed by atoms with Gasteiger partial charge in [0, 0.05) is 24.6 Å². The van der Waals surface area contributed by atoms with Crippen molar-refractivity contribution in [1.82, 2.24) is 10.2 Å². The highest BCUT2D eigenvalue weighted by molar-refractivity contribution is 5.88. The Kier molecular flexibility index (Phi) is 8.79. The summed E-state index contributed by atoms with van der Waals surface area (Å²) < 4.78 is 20.3. The van der Waals surface area contributed by atoms with Gasteiger partial charge in [0.15, 0.2) is 6.61 Å². The molecule has 0 aliphatic carbocycles. The highest BCUT2D eigenvalue weighted by atomic mass is 19.1. The van der Waals surface area contributed by atoms with E-state index >= 15 is 0 Å². The molecule has 5 nitrogen and oxygen atoms in total. The molecule has 2 amide bonds. The molecule has 0 saturated carbocycles. The first-order chi connectivity index (χ1) is 16.3. The summed E-state index contributed by atoms with van der Waals surface area (Å²) >= 11 is 0. The molecule has 0 fully saturated rings. The number of rotatable bonds is 10. The summed E-state index contributed by atoms with van der Waals surface area (Å²) in [7, 11) is 0. The number of aryl methyl sites for hydroxylation is 1. The van der Waals surface area contributed by atoms with Crippen molar-refractivity contribution in [3.05, 3.63) is 101 Å². The number of para-hydroxylation sites is 1. The average molecular weight is 463 g/mol. The number of halogens is 1. The molecule has 3 rings (SSSR count). The summed E-state index contributed by atoms with van der Waals surface area (Å²) in [6.07, 6.45) is 0.296. The van der Waals surface area contributed by atoms with Crippen molar-refractivity contribution in [2.75, 3.05) is 6.61 Å². The molecule has 0 spiro atoms. The SMILES string of the molecule is Cc1ccccc1OCC(=O)N(Cc1ccccc1F)[C@H](Cc1ccccc1)C(=O)NC(C)C. The molecule has 0 aliphatic heterocycles. The topological polar surface area (TPSA) is 58.6 Å². The molecule has 3 aromatic carbocycles. The normalized spacial score (nSPS) is 11.7. The maximum atomic E-state index is 14.5. The molecule has 0 radical (unpaired) electrons. The fraction of sp³-hybridized carbons (Fsp3) is 0.286. The molecule has 3 aromatic rings. The van der Waals surface area contributed by atoms with Crippen LogP contribution < -0.4 is 10.1 Å². The van der Waals surface area contributed by atoms with Gasteiger partial charge in [-0.2, -0.15) is 0 Å². The van der Waals surface area contributed by atoms with Gasteiger partial charge in [-0.15, -0.1) is 0 Å². The molecule has 0 heterocycles. The second-order valence-corrected chi connectivity index (χ2v) is 8.54. The third-order valence-electron chi connectivity index (χ3n) is 5.45. The lowest BCUT2D eigenvalue weighted by Crippen LogP contribution is -2.53. The fourth-order valence-corrected chi connectivity index (χ4v) is 3.69. The van der Waals surface area contributed by atoms with Gasteiger partial charge in [0.25, 0.3) is 5.91 Å². The van der Waals surface area contributed by atoms with Crippen molar-refractivity contribution in [3.8, 4) is 5.75 Å². The molecule has 0 bridgehead atoms. The van der Waals surface area contributed by atoms with Gasteiger partial charge in [-0.1, -0.05) is 66.7 Å². The van der Waals surface area contributed by atoms with E-state index in [1.165, 1.54) is 11.0 Å². The van der Waals surface area contributed by atoms with Crippen LogP contribution in [0.15, 0.2) is 78.9 Å². The molecule has 0 saturated heterocycles. The van der Waals surface area contributed by atoms with Crippen molar-refractivity contribution in [1.29, 1.82) is 0 Å². The smallest absolute Gasteiger partial charge is 0.261 e. The van der Waals surface area contributed by atoms with E-state index in [0.29, 0.717) is 17.7 Å². The van der Waals surface area contributed by atoms with Crippen molar-refractivity contribution < 1.29 is 18.7 Å². The number of hydrogen-bond donors (Lipinski definition) is 1. The van der Waals surface area contributed by atoms with Crippen LogP contribution in [0.3, 0.4) is 0 Å². The molecule has 6 heteroatoms. The van der Waals surface area contributed by atoms with Gasteiger partial charge in [-0.25, -0.2) is 4.39 Å². The summed E-state index contributed by atoms with van der Waals surface area (Å²) in [6, 6.07) is 22.2. The minimum absolute atomic E-state index is 0.0499. The zero-order chi connectivity index (χ0) is 24.5. The highest BCUT2D eigenvalue weighted by Crippen LogP contribution is 2.19. The van der Waals surface area contributed by atoms with Gasteiger partial charge in [0.1, 0.15) is 17.6 Å². The predicted molar refractivity (Wildman–Crippen MR) is 131 cm³/mol. The number of benzene rings is 3. The van der Waals surface area contributed by atoms with Gasteiger partial charge >= 0.3 is 0 Å². The van der Waals surface area contributed by atoms with E-state index < -0.39 is 17.8 Å². The van der Waals surface area contributed by atoms with Crippen molar-refractivity contribution in [3.63, 3.8) is 0 Å². The largest absolute Gasteiger partial charge is 0.484 e. The standard InChI is InChI=1S/C28H31FN2O3/c1-20(2)30-28(33)25(17-22-12-5-4-6-13-22)31(18-23-14-8-9-15-24(23)29)27(32)19-34-26-16-10-7-11-21(26)3/h4-16,20,25H,17-19H2,1-3H3,(H,30,33)/t25-/m1/s1. The average Bonchev–Trinajstić information content (AvgIpc) is 2.82. The number of carbonyl (C=O) groups excluding carboxylic acids is 2. The Morgan fingerprint density at radius 2 is 1.59 bits per heavy atom. The number of amides is 2. The molecule has 34 heavy (non-hydrogen) atoms. The van der Waals surface area contributed by atoms with Gasteiger partial charge < -0.3 is 15.0 Å². The number of nitrogens with one attached hydrogen (secondary N) is 1. The summed E-state index contributed by atoms with van der Waals surface area (Å²) in [5, 5.41) is 2.91. The van der Waals surface area contributed by atoms with Crippen molar-refractivity contribution in [2.45, 2.75) is 45.8 Å². The van der Waals surface area contributed by atoms with Crippen LogP contribution in [-0.4, -0.2) is 35.4 Å². The number of ether oxygens (including phenoxy) is 1. The lowest BCUT2D eigenvalue weighted by atomic mass is 10.0. The third kappa shape index (κ3) is 6.91. The van der Waals surface area contributed by atoms with E-state index in [2.05, 4.69) is 5.32 Å². The second-order valence-electron chi connectivity index (χ2n) is 8.54. The molecule has 0 aromatic heterocycles. The Hall–Kier alpha value is -3.67. The maximum absolute atomic E-state index is 14.5. The number of hydrogen-bond acceptors (Lipinski definition) is 3. The zero-order valence-electron chi connectivity index (χ0n) is 19.8. The third-order valence-corrected chi connectivity index (χ3v) is 5.45. The Morgan fingerprint density at radius 1 is 0.941 bits per heavy atom. The summed E-state index contributed by atoms with van der Waals surface area (Å²) in [6.45, 7) is 5.31. The first kappa shape index (κ1) is 25.0. The number of nitrogens with zero attached hydrogens (tertiary/aromatic N) is 1. The van der Waals surface area contributed by atoms with E-state index in [1.54, 1.807) is 24.3 Å². The Bertz CT molecular complexity index is 1100. The number of carbonyl (C=O) groups is 2. The van der Waals surface area contributed by atoms with Crippen LogP contribution >= 0.6 is 0 Å². The fourth-order valence-electron chi connectivity index (χ4n) is 3.69. The van der Waals surface area contributed by atoms with Crippen LogP contribution in [-0.2, 0) is 22.6 Å². The molecule has 1 atom stereocenters. The molecule has 0 aliphatic rings. The van der Waals surface area contributed by atoms with E-state index in [9.17, 15) is 14.0 Å². The summed E-state index contributed by atoms with van der Waals surface area (Å²) in [5.41, 5.74) is 2.13. The summed E-state index contributed by atoms with van der Waals surface area (Å²) in [4.78, 5) is 28.1. The zero-order valence-corrected chi connectivity index (χ0v) is 19.8. The maximum Gasteiger partial charge on any atom is 0.261 e. The molecule has 178 valence electrons. The first-order valence-electron chi connectivity index (χ1n) is 11.4. The molecular weight excluding hydrogens is 431 g/mol. The van der Waals surface area contributed by atoms with Crippen molar-refractivity contribution in [2.24, 2.45) is 0 Å². The van der Waals surface area contributed by atoms with E-state index in [4.69, 9.17) is 4.74 Å². The Morgan fingerprint density at radius 3 is 2.26 bits per heavy atom. The first-order valence-corrected chi connectivity index (χ1v) is 11.4. The second kappa shape index (κ2) is 12.0. The van der Waals surface area contributed by atoms with E-state index in [-0.39, 0.29) is 25.1 Å². The highest BCUT2D eigenvalue weighted by Gasteiger charge is 2.31.